The number of likely N-dealkylation sites (tertiary alicyclic amines) is 1. The maximum atomic E-state index is 3.65. The van der Waals surface area contributed by atoms with Crippen LogP contribution in [0.3, 0.4) is 0 Å². The van der Waals surface area contributed by atoms with E-state index >= 15 is 0 Å². The Morgan fingerprint density at radius 1 is 1.38 bits per heavy atom. The summed E-state index contributed by atoms with van der Waals surface area (Å²) in [5.74, 6) is 0.774. The predicted molar refractivity (Wildman–Crippen MR) is 94.6 cm³/mol. The Kier molecular flexibility index (Phi) is 6.72. The SMILES string of the molecule is CCNC(CCN1CCCC1C(C)C)c1cccc(Br)c1. The fourth-order valence-electron chi connectivity index (χ4n) is 3.54. The lowest BCUT2D eigenvalue weighted by molar-refractivity contribution is 0.197. The van der Waals surface area contributed by atoms with Crippen molar-refractivity contribution in [3.8, 4) is 0 Å². The van der Waals surface area contributed by atoms with E-state index in [-0.39, 0.29) is 0 Å². The maximum absolute atomic E-state index is 3.65. The van der Waals surface area contributed by atoms with Gasteiger partial charge in [0.1, 0.15) is 0 Å². The highest BCUT2D eigenvalue weighted by molar-refractivity contribution is 9.10. The Hall–Kier alpha value is -0.380. The van der Waals surface area contributed by atoms with Crippen LogP contribution in [0.25, 0.3) is 0 Å². The van der Waals surface area contributed by atoms with Crippen LogP contribution in [0.4, 0.5) is 0 Å². The lowest BCUT2D eigenvalue weighted by Crippen LogP contribution is -2.36. The molecule has 0 amide bonds. The largest absolute Gasteiger partial charge is 0.310 e. The molecule has 3 heteroatoms. The first-order chi connectivity index (χ1) is 10.1. The first-order valence-corrected chi connectivity index (χ1v) is 9.14. The van der Waals surface area contributed by atoms with Gasteiger partial charge in [0.2, 0.25) is 0 Å². The molecule has 0 aromatic heterocycles. The van der Waals surface area contributed by atoms with E-state index in [1.807, 2.05) is 0 Å². The number of benzene rings is 1. The van der Waals surface area contributed by atoms with Crippen LogP contribution in [0.2, 0.25) is 0 Å². The minimum Gasteiger partial charge on any atom is -0.310 e. The molecular weight excluding hydrogens is 324 g/mol. The van der Waals surface area contributed by atoms with Gasteiger partial charge in [0, 0.05) is 23.1 Å². The molecular formula is C18H29BrN2. The molecule has 1 saturated heterocycles. The fourth-order valence-corrected chi connectivity index (χ4v) is 3.95. The van der Waals surface area contributed by atoms with Gasteiger partial charge in [-0.25, -0.2) is 0 Å². The summed E-state index contributed by atoms with van der Waals surface area (Å²) in [5.41, 5.74) is 1.39. The summed E-state index contributed by atoms with van der Waals surface area (Å²) >= 11 is 3.59. The van der Waals surface area contributed by atoms with Crippen LogP contribution in [-0.4, -0.2) is 30.6 Å². The Bertz CT molecular complexity index is 433. The molecule has 1 aromatic carbocycles. The molecule has 2 rings (SSSR count). The van der Waals surface area contributed by atoms with Gasteiger partial charge in [-0.2, -0.15) is 0 Å². The van der Waals surface area contributed by atoms with Gasteiger partial charge in [0.25, 0.3) is 0 Å². The van der Waals surface area contributed by atoms with Gasteiger partial charge in [-0.05, 0) is 56.0 Å². The molecule has 0 aliphatic carbocycles. The van der Waals surface area contributed by atoms with Crippen molar-refractivity contribution in [2.45, 2.75) is 52.1 Å². The van der Waals surface area contributed by atoms with E-state index in [1.54, 1.807) is 0 Å². The summed E-state index contributed by atoms with van der Waals surface area (Å²) in [7, 11) is 0. The van der Waals surface area contributed by atoms with E-state index in [0.717, 1.165) is 18.5 Å². The maximum Gasteiger partial charge on any atom is 0.0332 e. The number of halogens is 1. The van der Waals surface area contributed by atoms with Crippen LogP contribution in [0.1, 0.15) is 51.6 Å². The average molecular weight is 353 g/mol. The molecule has 0 bridgehead atoms. The minimum atomic E-state index is 0.459. The van der Waals surface area contributed by atoms with E-state index in [4.69, 9.17) is 0 Å². The molecule has 1 fully saturated rings. The standard InChI is InChI=1S/C18H29BrN2/c1-4-20-17(15-7-5-8-16(19)13-15)10-12-21-11-6-9-18(21)14(2)3/h5,7-8,13-14,17-18,20H,4,6,9-12H2,1-3H3. The van der Waals surface area contributed by atoms with Gasteiger partial charge in [-0.3, -0.25) is 0 Å². The zero-order valence-electron chi connectivity index (χ0n) is 13.6. The summed E-state index contributed by atoms with van der Waals surface area (Å²) in [6, 6.07) is 9.97. The molecule has 1 N–H and O–H groups in total. The molecule has 2 nitrogen and oxygen atoms in total. The van der Waals surface area contributed by atoms with E-state index < -0.39 is 0 Å². The van der Waals surface area contributed by atoms with E-state index in [1.165, 1.54) is 42.4 Å². The smallest absolute Gasteiger partial charge is 0.0332 e. The van der Waals surface area contributed by atoms with Gasteiger partial charge in [0.15, 0.2) is 0 Å². The van der Waals surface area contributed by atoms with Crippen LogP contribution in [0, 0.1) is 5.92 Å². The Labute approximate surface area is 138 Å². The molecule has 2 unspecified atom stereocenters. The van der Waals surface area contributed by atoms with E-state index in [9.17, 15) is 0 Å². The topological polar surface area (TPSA) is 15.3 Å². The Morgan fingerprint density at radius 3 is 2.86 bits per heavy atom. The molecule has 0 spiro atoms. The molecule has 1 aromatic rings. The monoisotopic (exact) mass is 352 g/mol. The van der Waals surface area contributed by atoms with Crippen molar-refractivity contribution >= 4 is 15.9 Å². The predicted octanol–water partition coefficient (Wildman–Crippen LogP) is 4.61. The fraction of sp³-hybridized carbons (Fsp3) is 0.667. The Balaban J connectivity index is 1.97. The highest BCUT2D eigenvalue weighted by atomic mass is 79.9. The van der Waals surface area contributed by atoms with Gasteiger partial charge in [-0.1, -0.05) is 48.8 Å². The first-order valence-electron chi connectivity index (χ1n) is 8.34. The van der Waals surface area contributed by atoms with Crippen molar-refractivity contribution in [3.05, 3.63) is 34.3 Å². The summed E-state index contributed by atoms with van der Waals surface area (Å²) in [4.78, 5) is 2.70. The minimum absolute atomic E-state index is 0.459. The van der Waals surface area contributed by atoms with Crippen molar-refractivity contribution in [1.29, 1.82) is 0 Å². The number of rotatable bonds is 7. The van der Waals surface area contributed by atoms with Gasteiger partial charge in [0.05, 0.1) is 0 Å². The third kappa shape index (κ3) is 4.80. The second-order valence-electron chi connectivity index (χ2n) is 6.44. The highest BCUT2D eigenvalue weighted by Gasteiger charge is 2.27. The van der Waals surface area contributed by atoms with Gasteiger partial charge in [-0.15, -0.1) is 0 Å². The normalized spacial score (nSPS) is 21.1. The molecule has 1 aliphatic heterocycles. The summed E-state index contributed by atoms with van der Waals surface area (Å²) in [5, 5.41) is 3.65. The molecule has 1 aliphatic rings. The highest BCUT2D eigenvalue weighted by Crippen LogP contribution is 2.26. The molecule has 21 heavy (non-hydrogen) atoms. The van der Waals surface area contributed by atoms with E-state index in [0.29, 0.717) is 6.04 Å². The summed E-state index contributed by atoms with van der Waals surface area (Å²) < 4.78 is 1.17. The number of hydrogen-bond acceptors (Lipinski definition) is 2. The summed E-state index contributed by atoms with van der Waals surface area (Å²) in [6.45, 7) is 10.4. The number of nitrogens with one attached hydrogen (secondary N) is 1. The Morgan fingerprint density at radius 2 is 2.19 bits per heavy atom. The molecule has 0 radical (unpaired) electrons. The van der Waals surface area contributed by atoms with Crippen molar-refractivity contribution in [2.24, 2.45) is 5.92 Å². The van der Waals surface area contributed by atoms with Crippen LogP contribution in [0.5, 0.6) is 0 Å². The van der Waals surface area contributed by atoms with Gasteiger partial charge < -0.3 is 10.2 Å². The lowest BCUT2D eigenvalue weighted by Gasteiger charge is -2.29. The average Bonchev–Trinajstić information content (AvgIpc) is 2.92. The van der Waals surface area contributed by atoms with Crippen molar-refractivity contribution in [3.63, 3.8) is 0 Å². The zero-order chi connectivity index (χ0) is 15.2. The molecule has 2 atom stereocenters. The summed E-state index contributed by atoms with van der Waals surface area (Å²) in [6.07, 6.45) is 3.93. The second-order valence-corrected chi connectivity index (χ2v) is 7.36. The number of nitrogens with zero attached hydrogens (tertiary/aromatic N) is 1. The lowest BCUT2D eigenvalue weighted by atomic mass is 10.0. The van der Waals surface area contributed by atoms with Crippen molar-refractivity contribution in [1.82, 2.24) is 10.2 Å². The third-order valence-electron chi connectivity index (χ3n) is 4.59. The molecule has 1 heterocycles. The first kappa shape index (κ1) is 17.0. The van der Waals surface area contributed by atoms with Crippen LogP contribution < -0.4 is 5.32 Å². The third-order valence-corrected chi connectivity index (χ3v) is 5.08. The van der Waals surface area contributed by atoms with Crippen molar-refractivity contribution in [2.75, 3.05) is 19.6 Å². The second kappa shape index (κ2) is 8.30. The van der Waals surface area contributed by atoms with Crippen molar-refractivity contribution < 1.29 is 0 Å². The molecule has 0 saturated carbocycles. The molecule has 118 valence electrons. The number of hydrogen-bond donors (Lipinski definition) is 1. The van der Waals surface area contributed by atoms with Crippen LogP contribution in [0.15, 0.2) is 28.7 Å². The van der Waals surface area contributed by atoms with Crippen LogP contribution >= 0.6 is 15.9 Å². The quantitative estimate of drug-likeness (QED) is 0.770. The zero-order valence-corrected chi connectivity index (χ0v) is 15.2. The van der Waals surface area contributed by atoms with E-state index in [2.05, 4.69) is 71.2 Å². The van der Waals surface area contributed by atoms with Crippen LogP contribution in [-0.2, 0) is 0 Å². The van der Waals surface area contributed by atoms with Gasteiger partial charge >= 0.3 is 0 Å².